The summed E-state index contributed by atoms with van der Waals surface area (Å²) in [6.07, 6.45) is 3.24. The largest absolute Gasteiger partial charge is 0.333 e. The smallest absolute Gasteiger partial charge is 0.319 e. The van der Waals surface area contributed by atoms with Gasteiger partial charge in [-0.3, -0.25) is 4.79 Å². The second-order valence-corrected chi connectivity index (χ2v) is 6.27. The van der Waals surface area contributed by atoms with Gasteiger partial charge in [-0.05, 0) is 18.9 Å². The molecule has 2 aliphatic rings. The summed E-state index contributed by atoms with van der Waals surface area (Å²) < 4.78 is 0. The van der Waals surface area contributed by atoms with Crippen molar-refractivity contribution in [1.82, 2.24) is 15.5 Å². The van der Waals surface area contributed by atoms with Crippen molar-refractivity contribution in [3.05, 3.63) is 46.7 Å². The van der Waals surface area contributed by atoms with Gasteiger partial charge in [-0.2, -0.15) is 0 Å². The fourth-order valence-corrected chi connectivity index (χ4v) is 3.17. The highest BCUT2D eigenvalue weighted by Gasteiger charge is 2.39. The van der Waals surface area contributed by atoms with Crippen molar-refractivity contribution in [2.75, 3.05) is 13.1 Å². The lowest BCUT2D eigenvalue weighted by Gasteiger charge is -2.25. The van der Waals surface area contributed by atoms with Crippen LogP contribution in [0.25, 0.3) is 0 Å². The minimum absolute atomic E-state index is 0.0363. The Balaban J connectivity index is 1.84. The van der Waals surface area contributed by atoms with Crippen molar-refractivity contribution in [3.63, 3.8) is 0 Å². The van der Waals surface area contributed by atoms with Gasteiger partial charge in [-0.1, -0.05) is 49.6 Å². The molecule has 3 rings (SSSR count). The molecule has 0 saturated heterocycles. The van der Waals surface area contributed by atoms with Crippen LogP contribution in [0.4, 0.5) is 4.79 Å². The number of nitrogens with zero attached hydrogens (tertiary/aromatic N) is 1. The predicted molar refractivity (Wildman–Crippen MR) is 88.7 cm³/mol. The summed E-state index contributed by atoms with van der Waals surface area (Å²) in [5.74, 6) is 0.0363. The van der Waals surface area contributed by atoms with Crippen LogP contribution < -0.4 is 10.6 Å². The number of urea groups is 1. The molecule has 0 spiro atoms. The maximum absolute atomic E-state index is 12.8. The number of hydrogen-bond donors (Lipinski definition) is 2. The van der Waals surface area contributed by atoms with Gasteiger partial charge in [0.2, 0.25) is 0 Å². The van der Waals surface area contributed by atoms with Gasteiger partial charge in [-0.25, -0.2) is 4.79 Å². The van der Waals surface area contributed by atoms with Crippen LogP contribution in [0, 0.1) is 6.92 Å². The maximum Gasteiger partial charge on any atom is 0.319 e. The molecule has 122 valence electrons. The van der Waals surface area contributed by atoms with Crippen molar-refractivity contribution in [1.29, 1.82) is 0 Å². The molecular weight excluding hydrogens is 290 g/mol. The number of aryl methyl sites for hydroxylation is 1. The lowest BCUT2D eigenvalue weighted by Crippen LogP contribution is -2.44. The third-order valence-corrected chi connectivity index (χ3v) is 4.46. The molecule has 0 unspecified atom stereocenters. The van der Waals surface area contributed by atoms with Crippen LogP contribution in [0.3, 0.4) is 0 Å². The average Bonchev–Trinajstić information content (AvgIpc) is 2.84. The zero-order chi connectivity index (χ0) is 16.4. The molecule has 1 atom stereocenters. The molecule has 3 amide bonds. The summed E-state index contributed by atoms with van der Waals surface area (Å²) in [6, 6.07) is 7.36. The van der Waals surface area contributed by atoms with E-state index < -0.39 is 0 Å². The first-order valence-corrected chi connectivity index (χ1v) is 8.26. The Bertz CT molecular complexity index is 649. The lowest BCUT2D eigenvalue weighted by molar-refractivity contribution is -0.125. The molecule has 0 radical (unpaired) electrons. The number of carbonyl (C=O) groups excluding carboxylic acids is 2. The van der Waals surface area contributed by atoms with Gasteiger partial charge < -0.3 is 15.5 Å². The summed E-state index contributed by atoms with van der Waals surface area (Å²) in [5, 5.41) is 5.69. The van der Waals surface area contributed by atoms with Gasteiger partial charge >= 0.3 is 6.03 Å². The van der Waals surface area contributed by atoms with Gasteiger partial charge in [0, 0.05) is 6.54 Å². The SMILES string of the molecule is CCCCCN1CC2=C(C1=O)[C@@H](c1ccc(C)cc1)NC(=O)N2. The van der Waals surface area contributed by atoms with E-state index in [2.05, 4.69) is 17.6 Å². The maximum atomic E-state index is 12.8. The van der Waals surface area contributed by atoms with E-state index in [1.54, 1.807) is 0 Å². The number of unbranched alkanes of at least 4 members (excludes halogenated alkanes) is 2. The third kappa shape index (κ3) is 3.09. The second-order valence-electron chi connectivity index (χ2n) is 6.27. The topological polar surface area (TPSA) is 61.4 Å². The molecule has 5 heteroatoms. The molecule has 0 aliphatic carbocycles. The molecule has 1 aromatic carbocycles. The van der Waals surface area contributed by atoms with Crippen molar-refractivity contribution in [2.45, 2.75) is 39.2 Å². The van der Waals surface area contributed by atoms with Crippen molar-refractivity contribution < 1.29 is 9.59 Å². The van der Waals surface area contributed by atoms with E-state index in [1.165, 1.54) is 0 Å². The number of nitrogens with one attached hydrogen (secondary N) is 2. The van der Waals surface area contributed by atoms with E-state index >= 15 is 0 Å². The first-order valence-electron chi connectivity index (χ1n) is 8.26. The van der Waals surface area contributed by atoms with E-state index in [4.69, 9.17) is 0 Å². The van der Waals surface area contributed by atoms with Crippen LogP contribution >= 0.6 is 0 Å². The quantitative estimate of drug-likeness (QED) is 0.821. The summed E-state index contributed by atoms with van der Waals surface area (Å²) in [4.78, 5) is 26.6. The Hall–Kier alpha value is -2.30. The lowest BCUT2D eigenvalue weighted by atomic mass is 9.95. The standard InChI is InChI=1S/C18H23N3O2/c1-3-4-5-10-21-11-14-15(17(21)22)16(20-18(23)19-14)13-8-6-12(2)7-9-13/h6-9,16H,3-5,10-11H2,1-2H3,(H2,19,20,23)/t16-/m1/s1. The van der Waals surface area contributed by atoms with Crippen molar-refractivity contribution >= 4 is 11.9 Å². The normalized spacial score (nSPS) is 20.4. The Kier molecular flexibility index (Phi) is 4.37. The molecule has 0 aromatic heterocycles. The highest BCUT2D eigenvalue weighted by atomic mass is 16.2. The fraction of sp³-hybridized carbons (Fsp3) is 0.444. The van der Waals surface area contributed by atoms with E-state index in [9.17, 15) is 9.59 Å². The molecule has 2 heterocycles. The van der Waals surface area contributed by atoms with Crippen LogP contribution in [0.15, 0.2) is 35.5 Å². The van der Waals surface area contributed by atoms with Gasteiger partial charge in [0.25, 0.3) is 5.91 Å². The molecule has 2 N–H and O–H groups in total. The molecule has 0 bridgehead atoms. The van der Waals surface area contributed by atoms with Crippen molar-refractivity contribution in [3.8, 4) is 0 Å². The molecule has 1 aromatic rings. The zero-order valence-electron chi connectivity index (χ0n) is 13.7. The first-order chi connectivity index (χ1) is 11.1. The van der Waals surface area contributed by atoms with Gasteiger partial charge in [0.15, 0.2) is 0 Å². The van der Waals surface area contributed by atoms with Gasteiger partial charge in [0.05, 0.1) is 23.9 Å². The minimum Gasteiger partial charge on any atom is -0.333 e. The number of rotatable bonds is 5. The van der Waals surface area contributed by atoms with Gasteiger partial charge in [0.1, 0.15) is 0 Å². The van der Waals surface area contributed by atoms with Crippen LogP contribution in [0.2, 0.25) is 0 Å². The van der Waals surface area contributed by atoms with Crippen LogP contribution in [-0.2, 0) is 4.79 Å². The number of benzene rings is 1. The predicted octanol–water partition coefficient (Wildman–Crippen LogP) is 2.64. The molecule has 5 nitrogen and oxygen atoms in total. The zero-order valence-corrected chi connectivity index (χ0v) is 13.7. The summed E-state index contributed by atoms with van der Waals surface area (Å²) in [7, 11) is 0. The molecule has 23 heavy (non-hydrogen) atoms. The molecule has 0 fully saturated rings. The Labute approximate surface area is 136 Å². The highest BCUT2D eigenvalue weighted by Crippen LogP contribution is 2.32. The van der Waals surface area contributed by atoms with Crippen LogP contribution in [0.5, 0.6) is 0 Å². The minimum atomic E-state index is -0.358. The highest BCUT2D eigenvalue weighted by molar-refractivity contribution is 6.01. The van der Waals surface area contributed by atoms with Crippen molar-refractivity contribution in [2.24, 2.45) is 0 Å². The molecular formula is C18H23N3O2. The Morgan fingerprint density at radius 3 is 2.61 bits per heavy atom. The molecule has 0 saturated carbocycles. The monoisotopic (exact) mass is 313 g/mol. The first kappa shape index (κ1) is 15.6. The Morgan fingerprint density at radius 2 is 1.91 bits per heavy atom. The van der Waals surface area contributed by atoms with E-state index in [-0.39, 0.29) is 18.0 Å². The summed E-state index contributed by atoms with van der Waals surface area (Å²) in [5.41, 5.74) is 3.54. The van der Waals surface area contributed by atoms with E-state index in [0.717, 1.165) is 42.6 Å². The second kappa shape index (κ2) is 6.44. The number of hydrogen-bond acceptors (Lipinski definition) is 2. The van der Waals surface area contributed by atoms with Crippen LogP contribution in [0.1, 0.15) is 43.4 Å². The van der Waals surface area contributed by atoms with Crippen LogP contribution in [-0.4, -0.2) is 29.9 Å². The number of carbonyl (C=O) groups is 2. The summed E-state index contributed by atoms with van der Waals surface area (Å²) >= 11 is 0. The fourth-order valence-electron chi connectivity index (χ4n) is 3.17. The van der Waals surface area contributed by atoms with E-state index in [1.807, 2.05) is 36.1 Å². The third-order valence-electron chi connectivity index (χ3n) is 4.46. The number of amides is 3. The summed E-state index contributed by atoms with van der Waals surface area (Å²) in [6.45, 7) is 5.42. The Morgan fingerprint density at radius 1 is 1.17 bits per heavy atom. The van der Waals surface area contributed by atoms with Gasteiger partial charge in [-0.15, -0.1) is 0 Å². The molecule has 2 aliphatic heterocycles. The average molecular weight is 313 g/mol. The van der Waals surface area contributed by atoms with E-state index in [0.29, 0.717) is 12.1 Å².